The Morgan fingerprint density at radius 2 is 2.27 bits per heavy atom. The van der Waals surface area contributed by atoms with Crippen LogP contribution in [-0.4, -0.2) is 9.78 Å². The van der Waals surface area contributed by atoms with Crippen molar-refractivity contribution in [1.29, 1.82) is 0 Å². The molecule has 11 heavy (non-hydrogen) atoms. The molecular formula is C7H10N2O2. The molecule has 1 aromatic rings. The SMILES string of the molecule is CCCn1ccc(=O)c(=O)[nH]1. The first-order chi connectivity index (χ1) is 5.24. The van der Waals surface area contributed by atoms with Crippen molar-refractivity contribution in [3.8, 4) is 0 Å². The molecule has 4 heteroatoms. The number of hydrogen-bond acceptors (Lipinski definition) is 2. The molecule has 60 valence electrons. The van der Waals surface area contributed by atoms with Crippen LogP contribution in [0.4, 0.5) is 0 Å². The average Bonchev–Trinajstić information content (AvgIpc) is 1.98. The number of H-pyrrole nitrogens is 1. The highest BCUT2D eigenvalue weighted by molar-refractivity contribution is 4.86. The van der Waals surface area contributed by atoms with E-state index < -0.39 is 11.0 Å². The van der Waals surface area contributed by atoms with Crippen molar-refractivity contribution in [1.82, 2.24) is 9.78 Å². The molecule has 0 unspecified atom stereocenters. The minimum Gasteiger partial charge on any atom is -0.292 e. The van der Waals surface area contributed by atoms with Crippen molar-refractivity contribution >= 4 is 0 Å². The third-order valence-corrected chi connectivity index (χ3v) is 1.34. The fraction of sp³-hybridized carbons (Fsp3) is 0.429. The van der Waals surface area contributed by atoms with Gasteiger partial charge in [0.1, 0.15) is 0 Å². The lowest BCUT2D eigenvalue weighted by Crippen LogP contribution is -2.29. The van der Waals surface area contributed by atoms with Crippen LogP contribution >= 0.6 is 0 Å². The molecule has 0 bridgehead atoms. The average molecular weight is 154 g/mol. The summed E-state index contributed by atoms with van der Waals surface area (Å²) in [6.07, 6.45) is 2.51. The first kappa shape index (κ1) is 7.78. The van der Waals surface area contributed by atoms with Crippen LogP contribution in [0.1, 0.15) is 13.3 Å². The number of nitrogens with one attached hydrogen (secondary N) is 1. The van der Waals surface area contributed by atoms with E-state index in [0.29, 0.717) is 0 Å². The molecule has 0 saturated carbocycles. The van der Waals surface area contributed by atoms with E-state index in [1.54, 1.807) is 10.9 Å². The molecule has 1 heterocycles. The summed E-state index contributed by atoms with van der Waals surface area (Å²) in [5.41, 5.74) is -1.04. The lowest BCUT2D eigenvalue weighted by atomic mass is 10.5. The Labute approximate surface area is 63.5 Å². The second-order valence-corrected chi connectivity index (χ2v) is 2.31. The molecule has 1 N–H and O–H groups in total. The molecule has 0 aliphatic carbocycles. The minimum absolute atomic E-state index is 0.489. The molecule has 0 aliphatic heterocycles. The summed E-state index contributed by atoms with van der Waals surface area (Å²) in [4.78, 5) is 21.3. The lowest BCUT2D eigenvalue weighted by Gasteiger charge is -2.00. The summed E-state index contributed by atoms with van der Waals surface area (Å²) < 4.78 is 1.60. The van der Waals surface area contributed by atoms with Gasteiger partial charge in [-0.25, -0.2) is 0 Å². The van der Waals surface area contributed by atoms with Crippen molar-refractivity contribution in [2.45, 2.75) is 19.9 Å². The van der Waals surface area contributed by atoms with Crippen LogP contribution in [0.15, 0.2) is 21.9 Å². The van der Waals surface area contributed by atoms with E-state index in [1.807, 2.05) is 6.92 Å². The zero-order valence-electron chi connectivity index (χ0n) is 6.33. The Balaban J connectivity index is 3.06. The van der Waals surface area contributed by atoms with Crippen LogP contribution < -0.4 is 11.0 Å². The number of nitrogens with zero attached hydrogens (tertiary/aromatic N) is 1. The minimum atomic E-state index is -0.555. The van der Waals surface area contributed by atoms with Crippen LogP contribution in [0.3, 0.4) is 0 Å². The van der Waals surface area contributed by atoms with Gasteiger partial charge in [0.2, 0.25) is 5.43 Å². The third kappa shape index (κ3) is 1.80. The summed E-state index contributed by atoms with van der Waals surface area (Å²) in [5.74, 6) is 0. The van der Waals surface area contributed by atoms with Crippen LogP contribution in [0.2, 0.25) is 0 Å². The Bertz CT molecular complexity index is 337. The van der Waals surface area contributed by atoms with E-state index in [0.717, 1.165) is 13.0 Å². The molecule has 1 rings (SSSR count). The molecule has 0 amide bonds. The first-order valence-electron chi connectivity index (χ1n) is 3.54. The summed E-state index contributed by atoms with van der Waals surface area (Å²) in [7, 11) is 0. The Kier molecular flexibility index (Phi) is 2.25. The zero-order valence-corrected chi connectivity index (χ0v) is 6.33. The molecular weight excluding hydrogens is 144 g/mol. The van der Waals surface area contributed by atoms with Gasteiger partial charge in [-0.05, 0) is 6.42 Å². The van der Waals surface area contributed by atoms with Gasteiger partial charge < -0.3 is 0 Å². The van der Waals surface area contributed by atoms with Gasteiger partial charge in [0.05, 0.1) is 0 Å². The van der Waals surface area contributed by atoms with E-state index in [1.165, 1.54) is 6.07 Å². The molecule has 0 radical (unpaired) electrons. The molecule has 0 fully saturated rings. The lowest BCUT2D eigenvalue weighted by molar-refractivity contribution is 0.577. The molecule has 0 saturated heterocycles. The number of hydrogen-bond donors (Lipinski definition) is 1. The third-order valence-electron chi connectivity index (χ3n) is 1.34. The normalized spacial score (nSPS) is 9.91. The summed E-state index contributed by atoms with van der Waals surface area (Å²) in [6, 6.07) is 1.27. The number of aromatic amines is 1. The van der Waals surface area contributed by atoms with Gasteiger partial charge in [-0.15, -0.1) is 0 Å². The maximum atomic E-state index is 10.7. The van der Waals surface area contributed by atoms with Gasteiger partial charge in [0.25, 0.3) is 0 Å². The van der Waals surface area contributed by atoms with E-state index >= 15 is 0 Å². The van der Waals surface area contributed by atoms with Crippen molar-refractivity contribution in [2.24, 2.45) is 0 Å². The van der Waals surface area contributed by atoms with Crippen LogP contribution in [-0.2, 0) is 6.54 Å². The molecule has 0 atom stereocenters. The highest BCUT2D eigenvalue weighted by Crippen LogP contribution is 1.80. The van der Waals surface area contributed by atoms with Gasteiger partial charge in [0, 0.05) is 18.8 Å². The van der Waals surface area contributed by atoms with E-state index in [4.69, 9.17) is 0 Å². The molecule has 0 spiro atoms. The van der Waals surface area contributed by atoms with Gasteiger partial charge in [-0.3, -0.25) is 19.4 Å². The first-order valence-corrected chi connectivity index (χ1v) is 3.54. The smallest absolute Gasteiger partial charge is 0.292 e. The Morgan fingerprint density at radius 3 is 2.82 bits per heavy atom. The van der Waals surface area contributed by atoms with Crippen LogP contribution in [0.5, 0.6) is 0 Å². The molecule has 4 nitrogen and oxygen atoms in total. The number of rotatable bonds is 2. The van der Waals surface area contributed by atoms with Gasteiger partial charge >= 0.3 is 5.56 Å². The Hall–Kier alpha value is -1.32. The van der Waals surface area contributed by atoms with Crippen molar-refractivity contribution < 1.29 is 0 Å². The quantitative estimate of drug-likeness (QED) is 0.607. The zero-order chi connectivity index (χ0) is 8.27. The second kappa shape index (κ2) is 3.18. The molecule has 0 aromatic carbocycles. The number of aromatic nitrogens is 2. The second-order valence-electron chi connectivity index (χ2n) is 2.31. The van der Waals surface area contributed by atoms with Crippen molar-refractivity contribution in [3.63, 3.8) is 0 Å². The van der Waals surface area contributed by atoms with Gasteiger partial charge in [0.15, 0.2) is 0 Å². The summed E-state index contributed by atoms with van der Waals surface area (Å²) in [5, 5.41) is 2.43. The van der Waals surface area contributed by atoms with E-state index in [2.05, 4.69) is 5.10 Å². The standard InChI is InChI=1S/C7H10N2O2/c1-2-4-9-5-3-6(10)7(11)8-9/h3,5H,2,4H2,1H3,(H,8,11). The van der Waals surface area contributed by atoms with E-state index in [9.17, 15) is 9.59 Å². The number of aryl methyl sites for hydroxylation is 1. The highest BCUT2D eigenvalue weighted by atomic mass is 16.2. The predicted octanol–water partition coefficient (Wildman–Crippen LogP) is -0.0534. The van der Waals surface area contributed by atoms with Gasteiger partial charge in [-0.1, -0.05) is 6.92 Å². The fourth-order valence-corrected chi connectivity index (χ4v) is 0.827. The van der Waals surface area contributed by atoms with Crippen molar-refractivity contribution in [2.75, 3.05) is 0 Å². The van der Waals surface area contributed by atoms with Gasteiger partial charge in [-0.2, -0.15) is 0 Å². The largest absolute Gasteiger partial charge is 0.310 e. The van der Waals surface area contributed by atoms with Crippen LogP contribution in [0, 0.1) is 0 Å². The maximum absolute atomic E-state index is 10.7. The van der Waals surface area contributed by atoms with Crippen LogP contribution in [0.25, 0.3) is 0 Å². The van der Waals surface area contributed by atoms with E-state index in [-0.39, 0.29) is 0 Å². The predicted molar refractivity (Wildman–Crippen MR) is 41.6 cm³/mol. The fourth-order valence-electron chi connectivity index (χ4n) is 0.827. The topological polar surface area (TPSA) is 54.9 Å². The van der Waals surface area contributed by atoms with Crippen molar-refractivity contribution in [3.05, 3.63) is 32.8 Å². The monoisotopic (exact) mass is 154 g/mol. The molecule has 0 aliphatic rings. The molecule has 1 aromatic heterocycles. The highest BCUT2D eigenvalue weighted by Gasteiger charge is 1.91. The summed E-state index contributed by atoms with van der Waals surface area (Å²) in [6.45, 7) is 2.73. The maximum Gasteiger partial charge on any atom is 0.310 e. The Morgan fingerprint density at radius 1 is 1.55 bits per heavy atom. The summed E-state index contributed by atoms with van der Waals surface area (Å²) >= 11 is 0.